The molecule has 0 saturated carbocycles. The lowest BCUT2D eigenvalue weighted by Crippen LogP contribution is -2.46. The van der Waals surface area contributed by atoms with Crippen LogP contribution in [0.4, 0.5) is 0 Å². The molecule has 0 aromatic heterocycles. The zero-order valence-electron chi connectivity index (χ0n) is 10.9. The first-order chi connectivity index (χ1) is 7.53. The van der Waals surface area contributed by atoms with Crippen LogP contribution < -0.4 is 5.32 Å². The van der Waals surface area contributed by atoms with E-state index in [-0.39, 0.29) is 5.54 Å². The summed E-state index contributed by atoms with van der Waals surface area (Å²) >= 11 is 0. The molecule has 0 spiro atoms. The number of rotatable bonds is 2. The largest absolute Gasteiger partial charge is 0.315 e. The molecule has 1 N–H and O–H groups in total. The average Bonchev–Trinajstić information content (AvgIpc) is 2.28. The third kappa shape index (κ3) is 2.15. The maximum atomic E-state index is 3.45. The molecule has 16 heavy (non-hydrogen) atoms. The SMILES string of the molecule is CNC(C)(C)C1CCc2cc(C)ccc2C1. The van der Waals surface area contributed by atoms with Crippen molar-refractivity contribution >= 4 is 0 Å². The van der Waals surface area contributed by atoms with Gasteiger partial charge in [-0.25, -0.2) is 0 Å². The van der Waals surface area contributed by atoms with E-state index >= 15 is 0 Å². The average molecular weight is 217 g/mol. The third-order valence-corrected chi connectivity index (χ3v) is 4.26. The molecule has 1 atom stereocenters. The fourth-order valence-electron chi connectivity index (χ4n) is 2.70. The summed E-state index contributed by atoms with van der Waals surface area (Å²) in [6.07, 6.45) is 3.78. The zero-order valence-corrected chi connectivity index (χ0v) is 10.9. The van der Waals surface area contributed by atoms with Gasteiger partial charge in [0.2, 0.25) is 0 Å². The molecule has 2 rings (SSSR count). The first kappa shape index (κ1) is 11.7. The van der Waals surface area contributed by atoms with Crippen LogP contribution in [0.2, 0.25) is 0 Å². The molecule has 0 radical (unpaired) electrons. The highest BCUT2D eigenvalue weighted by Crippen LogP contribution is 2.32. The van der Waals surface area contributed by atoms with Crippen molar-refractivity contribution in [1.29, 1.82) is 0 Å². The summed E-state index contributed by atoms with van der Waals surface area (Å²) in [5, 5.41) is 3.45. The zero-order chi connectivity index (χ0) is 11.8. The minimum Gasteiger partial charge on any atom is -0.315 e. The maximum absolute atomic E-state index is 3.45. The summed E-state index contributed by atoms with van der Waals surface area (Å²) in [7, 11) is 2.07. The molecule has 1 nitrogen and oxygen atoms in total. The van der Waals surface area contributed by atoms with Gasteiger partial charge in [0.05, 0.1) is 0 Å². The summed E-state index contributed by atoms with van der Waals surface area (Å²) in [5.41, 5.74) is 4.78. The number of nitrogens with one attached hydrogen (secondary N) is 1. The standard InChI is InChI=1S/C15H23N/c1-11-5-6-13-10-14(15(2,3)16-4)8-7-12(13)9-11/h5-6,9,14,16H,7-8,10H2,1-4H3. The first-order valence-electron chi connectivity index (χ1n) is 6.30. The lowest BCUT2D eigenvalue weighted by molar-refractivity contribution is 0.244. The van der Waals surface area contributed by atoms with Crippen molar-refractivity contribution in [1.82, 2.24) is 5.32 Å². The Balaban J connectivity index is 2.21. The quantitative estimate of drug-likeness (QED) is 0.802. The Hall–Kier alpha value is -0.820. The minimum absolute atomic E-state index is 0.253. The Morgan fingerprint density at radius 2 is 2.00 bits per heavy atom. The first-order valence-corrected chi connectivity index (χ1v) is 6.30. The van der Waals surface area contributed by atoms with Crippen LogP contribution in [0.25, 0.3) is 0 Å². The molecule has 0 bridgehead atoms. The Labute approximate surface area is 99.3 Å². The van der Waals surface area contributed by atoms with Gasteiger partial charge in [0.1, 0.15) is 0 Å². The second kappa shape index (κ2) is 4.21. The van der Waals surface area contributed by atoms with E-state index in [4.69, 9.17) is 0 Å². The molecule has 0 saturated heterocycles. The monoisotopic (exact) mass is 217 g/mol. The van der Waals surface area contributed by atoms with Gasteiger partial charge in [0.15, 0.2) is 0 Å². The van der Waals surface area contributed by atoms with Gasteiger partial charge >= 0.3 is 0 Å². The molecule has 1 heteroatoms. The molecule has 1 aromatic carbocycles. The number of benzene rings is 1. The topological polar surface area (TPSA) is 12.0 Å². The molecule has 1 aromatic rings. The van der Waals surface area contributed by atoms with E-state index in [0.717, 1.165) is 5.92 Å². The van der Waals surface area contributed by atoms with Crippen LogP contribution >= 0.6 is 0 Å². The van der Waals surface area contributed by atoms with Gasteiger partial charge in [-0.05, 0) is 64.1 Å². The molecule has 0 heterocycles. The van der Waals surface area contributed by atoms with E-state index in [9.17, 15) is 0 Å². The minimum atomic E-state index is 0.253. The van der Waals surface area contributed by atoms with Crippen LogP contribution in [-0.2, 0) is 12.8 Å². The van der Waals surface area contributed by atoms with Crippen molar-refractivity contribution in [3.63, 3.8) is 0 Å². The molecule has 1 aliphatic carbocycles. The predicted octanol–water partition coefficient (Wildman–Crippen LogP) is 3.10. The molecule has 0 fully saturated rings. The van der Waals surface area contributed by atoms with E-state index in [1.54, 1.807) is 11.1 Å². The van der Waals surface area contributed by atoms with Crippen LogP contribution in [-0.4, -0.2) is 12.6 Å². The van der Waals surface area contributed by atoms with Gasteiger partial charge in [-0.1, -0.05) is 23.8 Å². The predicted molar refractivity (Wildman–Crippen MR) is 69.8 cm³/mol. The van der Waals surface area contributed by atoms with E-state index < -0.39 is 0 Å². The Morgan fingerprint density at radius 3 is 2.69 bits per heavy atom. The lowest BCUT2D eigenvalue weighted by Gasteiger charge is -2.37. The van der Waals surface area contributed by atoms with Crippen molar-refractivity contribution in [2.24, 2.45) is 5.92 Å². The van der Waals surface area contributed by atoms with E-state index in [2.05, 4.69) is 51.3 Å². The molecule has 0 amide bonds. The van der Waals surface area contributed by atoms with Gasteiger partial charge < -0.3 is 5.32 Å². The van der Waals surface area contributed by atoms with Crippen LogP contribution in [0, 0.1) is 12.8 Å². The van der Waals surface area contributed by atoms with Crippen LogP contribution in [0.5, 0.6) is 0 Å². The summed E-state index contributed by atoms with van der Waals surface area (Å²) < 4.78 is 0. The van der Waals surface area contributed by atoms with Crippen molar-refractivity contribution < 1.29 is 0 Å². The van der Waals surface area contributed by atoms with Crippen molar-refractivity contribution in [2.45, 2.75) is 45.6 Å². The normalized spacial score (nSPS) is 20.6. The van der Waals surface area contributed by atoms with Crippen molar-refractivity contribution in [3.05, 3.63) is 34.9 Å². The smallest absolute Gasteiger partial charge is 0.0153 e. The fraction of sp³-hybridized carbons (Fsp3) is 0.600. The maximum Gasteiger partial charge on any atom is 0.0153 e. The fourth-order valence-corrected chi connectivity index (χ4v) is 2.70. The molecular formula is C15H23N. The van der Waals surface area contributed by atoms with Crippen LogP contribution in [0.15, 0.2) is 18.2 Å². The molecule has 88 valence electrons. The lowest BCUT2D eigenvalue weighted by atomic mass is 9.74. The van der Waals surface area contributed by atoms with E-state index in [0.29, 0.717) is 0 Å². The van der Waals surface area contributed by atoms with Gasteiger partial charge in [-0.2, -0.15) is 0 Å². The second-order valence-electron chi connectivity index (χ2n) is 5.68. The molecule has 1 aliphatic rings. The summed E-state index contributed by atoms with van der Waals surface area (Å²) in [6, 6.07) is 6.92. The number of hydrogen-bond donors (Lipinski definition) is 1. The molecule has 0 aliphatic heterocycles. The van der Waals surface area contributed by atoms with Crippen molar-refractivity contribution in [3.8, 4) is 0 Å². The van der Waals surface area contributed by atoms with Gasteiger partial charge in [-0.15, -0.1) is 0 Å². The highest BCUT2D eigenvalue weighted by molar-refractivity contribution is 5.34. The summed E-state index contributed by atoms with van der Waals surface area (Å²) in [4.78, 5) is 0. The molecular weight excluding hydrogens is 194 g/mol. The summed E-state index contributed by atoms with van der Waals surface area (Å²) in [5.74, 6) is 0.757. The highest BCUT2D eigenvalue weighted by Gasteiger charge is 2.30. The van der Waals surface area contributed by atoms with Gasteiger partial charge in [-0.3, -0.25) is 0 Å². The number of fused-ring (bicyclic) bond motifs is 1. The second-order valence-corrected chi connectivity index (χ2v) is 5.68. The van der Waals surface area contributed by atoms with E-state index in [1.807, 2.05) is 0 Å². The van der Waals surface area contributed by atoms with Crippen LogP contribution in [0.1, 0.15) is 37.0 Å². The van der Waals surface area contributed by atoms with Crippen molar-refractivity contribution in [2.75, 3.05) is 7.05 Å². The number of hydrogen-bond acceptors (Lipinski definition) is 1. The Bertz CT molecular complexity index is 379. The Kier molecular flexibility index (Phi) is 3.07. The molecule has 1 unspecified atom stereocenters. The third-order valence-electron chi connectivity index (χ3n) is 4.26. The number of aryl methyl sites for hydroxylation is 2. The van der Waals surface area contributed by atoms with Gasteiger partial charge in [0.25, 0.3) is 0 Å². The van der Waals surface area contributed by atoms with E-state index in [1.165, 1.54) is 24.8 Å². The Morgan fingerprint density at radius 1 is 1.25 bits per heavy atom. The summed E-state index contributed by atoms with van der Waals surface area (Å²) in [6.45, 7) is 6.82. The van der Waals surface area contributed by atoms with Gasteiger partial charge in [0, 0.05) is 5.54 Å². The van der Waals surface area contributed by atoms with Crippen LogP contribution in [0.3, 0.4) is 0 Å². The highest BCUT2D eigenvalue weighted by atomic mass is 14.9.